The minimum Gasteiger partial charge on any atom is -0.462 e. The lowest BCUT2D eigenvalue weighted by molar-refractivity contribution is -0.161. The predicted molar refractivity (Wildman–Crippen MR) is 348 cm³/mol. The summed E-state index contributed by atoms with van der Waals surface area (Å²) < 4.78 is 33.1. The second-order valence-electron chi connectivity index (χ2n) is 22.3. The molecule has 0 aliphatic carbocycles. The zero-order chi connectivity index (χ0) is 58.7. The van der Waals surface area contributed by atoms with Crippen LogP contribution in [0.4, 0.5) is 0 Å². The van der Waals surface area contributed by atoms with Crippen LogP contribution in [0.1, 0.15) is 309 Å². The van der Waals surface area contributed by atoms with Gasteiger partial charge in [0.25, 0.3) is 0 Å². The highest BCUT2D eigenvalue weighted by atomic mass is 31.2. The van der Waals surface area contributed by atoms with Crippen LogP contribution in [0.25, 0.3) is 0 Å². The number of phosphoric ester groups is 1. The van der Waals surface area contributed by atoms with Crippen molar-refractivity contribution in [2.24, 2.45) is 5.73 Å². The third kappa shape index (κ3) is 65.9. The maximum Gasteiger partial charge on any atom is 0.472 e. The fraction of sp³-hybridized carbons (Fsp3) is 0.746. The minimum atomic E-state index is -4.40. The Labute approximate surface area is 499 Å². The largest absolute Gasteiger partial charge is 0.472 e. The number of allylic oxidation sites excluding steroid dienone is 16. The Bertz CT molecular complexity index is 1650. The van der Waals surface area contributed by atoms with Gasteiger partial charge >= 0.3 is 19.8 Å². The number of rotatable bonds is 63. The minimum absolute atomic E-state index is 0.0484. The van der Waals surface area contributed by atoms with E-state index in [1.54, 1.807) is 0 Å². The lowest BCUT2D eigenvalue weighted by atomic mass is 10.0. The third-order valence-electron chi connectivity index (χ3n) is 14.5. The van der Waals surface area contributed by atoms with E-state index >= 15 is 0 Å². The zero-order valence-corrected chi connectivity index (χ0v) is 53.4. The highest BCUT2D eigenvalue weighted by Crippen LogP contribution is 2.43. The molecule has 3 N–H and O–H groups in total. The molecule has 2 unspecified atom stereocenters. The SMILES string of the molecule is CC/C=C\C/C=C\C/C=C\C/C=C\C/C=C\CCCCCCCCCC(=O)OC(COC(=O)CCCCCCCCCCCCCCCCCCCCCCCC/C=C\C/C=C\C/C=C\CCCCCCC)COP(=O)(O)OCCN. The predicted octanol–water partition coefficient (Wildman–Crippen LogP) is 22.0. The Morgan fingerprint density at radius 1 is 0.383 bits per heavy atom. The summed E-state index contributed by atoms with van der Waals surface area (Å²) in [6.07, 6.45) is 89.3. The zero-order valence-electron chi connectivity index (χ0n) is 52.5. The number of nitrogens with two attached hydrogens (primary N) is 1. The molecule has 0 saturated carbocycles. The van der Waals surface area contributed by atoms with Gasteiger partial charge in [-0.2, -0.15) is 0 Å². The molecule has 2 atom stereocenters. The van der Waals surface area contributed by atoms with E-state index in [0.29, 0.717) is 6.42 Å². The van der Waals surface area contributed by atoms with Crippen molar-refractivity contribution in [3.05, 3.63) is 97.2 Å². The molecular formula is C71H126NO8P. The maximum atomic E-state index is 12.7. The summed E-state index contributed by atoms with van der Waals surface area (Å²) in [6, 6.07) is 0. The Kier molecular flexibility index (Phi) is 63.6. The van der Waals surface area contributed by atoms with Crippen molar-refractivity contribution in [1.29, 1.82) is 0 Å². The van der Waals surface area contributed by atoms with Gasteiger partial charge in [0.15, 0.2) is 6.10 Å². The lowest BCUT2D eigenvalue weighted by Gasteiger charge is -2.19. The van der Waals surface area contributed by atoms with E-state index in [1.807, 2.05) is 0 Å². The molecule has 0 radical (unpaired) electrons. The molecule has 0 aromatic heterocycles. The summed E-state index contributed by atoms with van der Waals surface area (Å²) in [5.41, 5.74) is 5.39. The van der Waals surface area contributed by atoms with Crippen molar-refractivity contribution >= 4 is 19.8 Å². The monoisotopic (exact) mass is 1150 g/mol. The highest BCUT2D eigenvalue weighted by molar-refractivity contribution is 7.47. The van der Waals surface area contributed by atoms with Crippen LogP contribution >= 0.6 is 7.82 Å². The Balaban J connectivity index is 3.85. The molecule has 0 saturated heterocycles. The first-order chi connectivity index (χ1) is 39.8. The van der Waals surface area contributed by atoms with Crippen molar-refractivity contribution < 1.29 is 37.6 Å². The Hall–Kier alpha value is -3.07. The van der Waals surface area contributed by atoms with Gasteiger partial charge in [-0.3, -0.25) is 18.6 Å². The van der Waals surface area contributed by atoms with Gasteiger partial charge in [-0.15, -0.1) is 0 Å². The fourth-order valence-corrected chi connectivity index (χ4v) is 10.3. The van der Waals surface area contributed by atoms with Gasteiger partial charge < -0.3 is 20.1 Å². The van der Waals surface area contributed by atoms with Crippen molar-refractivity contribution in [2.45, 2.75) is 315 Å². The molecule has 0 heterocycles. The van der Waals surface area contributed by atoms with Crippen molar-refractivity contribution in [2.75, 3.05) is 26.4 Å². The van der Waals surface area contributed by atoms with Gasteiger partial charge in [0.2, 0.25) is 0 Å². The summed E-state index contributed by atoms with van der Waals surface area (Å²) in [5.74, 6) is -0.834. The smallest absolute Gasteiger partial charge is 0.462 e. The van der Waals surface area contributed by atoms with Crippen LogP contribution in [0, 0.1) is 0 Å². The van der Waals surface area contributed by atoms with Gasteiger partial charge in [-0.1, -0.05) is 297 Å². The van der Waals surface area contributed by atoms with Gasteiger partial charge in [0.1, 0.15) is 6.61 Å². The second-order valence-corrected chi connectivity index (χ2v) is 23.8. The molecule has 0 fully saturated rings. The third-order valence-corrected chi connectivity index (χ3v) is 15.4. The standard InChI is InChI=1S/C71H126NO8P/c1-3-5-7-9-11-13-15-17-19-21-23-25-27-28-29-30-31-32-33-34-35-36-37-38-39-40-42-43-45-47-49-51-53-55-57-59-61-63-70(73)77-67-69(68-79-81(75,76)78-66-65-72)80-71(74)64-62-60-58-56-54-52-50-48-46-44-41-26-24-22-20-18-16-14-12-10-8-6-4-2/h6,8,12,14-15,17-18,20-21,23-24,26-28,44,46,69H,3-5,7,9-11,13,16,19,22,25,29-43,45,47-68,72H2,1-2H3,(H,75,76)/b8-6-,14-12-,17-15-,20-18-,23-21-,26-24-,28-27-,46-44-. The number of unbranched alkanes of at least 4 members (excludes halogenated alkanes) is 34. The molecule has 9 nitrogen and oxygen atoms in total. The summed E-state index contributed by atoms with van der Waals surface area (Å²) in [5, 5.41) is 0. The van der Waals surface area contributed by atoms with Gasteiger partial charge in [0, 0.05) is 19.4 Å². The molecule has 10 heteroatoms. The van der Waals surface area contributed by atoms with Crippen LogP contribution in [0.5, 0.6) is 0 Å². The van der Waals surface area contributed by atoms with Crippen LogP contribution in [-0.2, 0) is 32.7 Å². The summed E-state index contributed by atoms with van der Waals surface area (Å²) in [6.45, 7) is 3.63. The molecular weight excluding hydrogens is 1030 g/mol. The van der Waals surface area contributed by atoms with E-state index in [2.05, 4.69) is 111 Å². The number of carbonyl (C=O) groups excluding carboxylic acids is 2. The summed E-state index contributed by atoms with van der Waals surface area (Å²) >= 11 is 0. The van der Waals surface area contributed by atoms with Crippen LogP contribution in [0.2, 0.25) is 0 Å². The van der Waals surface area contributed by atoms with Gasteiger partial charge in [0.05, 0.1) is 13.2 Å². The van der Waals surface area contributed by atoms with Crippen LogP contribution in [0.15, 0.2) is 97.2 Å². The van der Waals surface area contributed by atoms with Crippen LogP contribution in [-0.4, -0.2) is 49.3 Å². The molecule has 0 rings (SSSR count). The van der Waals surface area contributed by atoms with Crippen LogP contribution < -0.4 is 5.73 Å². The topological polar surface area (TPSA) is 134 Å². The normalized spacial score (nSPS) is 13.6. The number of phosphoric acid groups is 1. The second kappa shape index (κ2) is 66.1. The molecule has 0 aromatic carbocycles. The number of hydrogen-bond acceptors (Lipinski definition) is 8. The first kappa shape index (κ1) is 77.9. The molecule has 81 heavy (non-hydrogen) atoms. The summed E-state index contributed by atoms with van der Waals surface area (Å²) in [7, 11) is -4.40. The molecule has 468 valence electrons. The van der Waals surface area contributed by atoms with Gasteiger partial charge in [-0.05, 0) is 96.3 Å². The van der Waals surface area contributed by atoms with Crippen molar-refractivity contribution in [3.8, 4) is 0 Å². The average Bonchev–Trinajstić information content (AvgIpc) is 3.46. The molecule has 0 spiro atoms. The number of hydrogen-bond donors (Lipinski definition) is 2. The van der Waals surface area contributed by atoms with Crippen LogP contribution in [0.3, 0.4) is 0 Å². The highest BCUT2D eigenvalue weighted by Gasteiger charge is 2.26. The first-order valence-corrected chi connectivity index (χ1v) is 35.2. The lowest BCUT2D eigenvalue weighted by Crippen LogP contribution is -2.29. The van der Waals surface area contributed by atoms with E-state index in [0.717, 1.165) is 89.9 Å². The Morgan fingerprint density at radius 3 is 1.01 bits per heavy atom. The Morgan fingerprint density at radius 2 is 0.679 bits per heavy atom. The number of carbonyl (C=O) groups is 2. The van der Waals surface area contributed by atoms with Crippen molar-refractivity contribution in [1.82, 2.24) is 0 Å². The molecule has 0 aromatic rings. The number of ether oxygens (including phenoxy) is 2. The maximum absolute atomic E-state index is 12.7. The van der Waals surface area contributed by atoms with Gasteiger partial charge in [-0.25, -0.2) is 4.57 Å². The number of esters is 2. The van der Waals surface area contributed by atoms with E-state index in [9.17, 15) is 19.0 Å². The first-order valence-electron chi connectivity index (χ1n) is 33.7. The van der Waals surface area contributed by atoms with E-state index < -0.39 is 26.5 Å². The molecule has 0 aliphatic heterocycles. The fourth-order valence-electron chi connectivity index (χ4n) is 9.50. The average molecular weight is 1150 g/mol. The van der Waals surface area contributed by atoms with E-state index in [4.69, 9.17) is 24.3 Å². The van der Waals surface area contributed by atoms with E-state index in [-0.39, 0.29) is 38.6 Å². The van der Waals surface area contributed by atoms with E-state index in [1.165, 1.54) is 186 Å². The quantitative estimate of drug-likeness (QED) is 0.0264. The van der Waals surface area contributed by atoms with Crippen molar-refractivity contribution in [3.63, 3.8) is 0 Å². The summed E-state index contributed by atoms with van der Waals surface area (Å²) in [4.78, 5) is 35.3. The molecule has 0 amide bonds. The molecule has 0 aliphatic rings. The molecule has 0 bridgehead atoms.